The van der Waals surface area contributed by atoms with Crippen LogP contribution in [0.25, 0.3) is 0 Å². The molecule has 0 spiro atoms. The van der Waals surface area contributed by atoms with Crippen LogP contribution in [0.5, 0.6) is 0 Å². The van der Waals surface area contributed by atoms with Crippen LogP contribution in [0.2, 0.25) is 0 Å². The molecule has 0 amide bonds. The molecule has 0 radical (unpaired) electrons. The molecule has 0 aromatic carbocycles. The number of hydrogen-bond acceptors (Lipinski definition) is 2. The number of rotatable bonds is 3. The van der Waals surface area contributed by atoms with Crippen molar-refractivity contribution in [2.24, 2.45) is 10.9 Å². The summed E-state index contributed by atoms with van der Waals surface area (Å²) in [5.41, 5.74) is 1.31. The van der Waals surface area contributed by atoms with E-state index in [0.29, 0.717) is 0 Å². The molecule has 0 unspecified atom stereocenters. The molecule has 1 aromatic rings. The minimum Gasteiger partial charge on any atom is -0.357 e. The standard InChI is InChI=1S/C14H23N3S/c1-3-15-14(16-10-13-6-9-18-11-13)17-7-4-12(2)5-8-17/h6,9,11-12H,3-5,7-8,10H2,1-2H3,(H,15,16). The van der Waals surface area contributed by atoms with Crippen molar-refractivity contribution in [1.82, 2.24) is 10.2 Å². The van der Waals surface area contributed by atoms with Crippen molar-refractivity contribution in [3.63, 3.8) is 0 Å². The van der Waals surface area contributed by atoms with E-state index in [-0.39, 0.29) is 0 Å². The highest BCUT2D eigenvalue weighted by Crippen LogP contribution is 2.16. The Morgan fingerprint density at radius 1 is 1.50 bits per heavy atom. The van der Waals surface area contributed by atoms with Crippen LogP contribution in [0.3, 0.4) is 0 Å². The number of thiophene rings is 1. The van der Waals surface area contributed by atoms with Crippen molar-refractivity contribution in [3.8, 4) is 0 Å². The Bertz CT molecular complexity index is 364. The van der Waals surface area contributed by atoms with Crippen molar-refractivity contribution in [2.45, 2.75) is 33.2 Å². The fraction of sp³-hybridized carbons (Fsp3) is 0.643. The summed E-state index contributed by atoms with van der Waals surface area (Å²) in [5.74, 6) is 1.94. The number of hydrogen-bond donors (Lipinski definition) is 1. The van der Waals surface area contributed by atoms with Crippen molar-refractivity contribution >= 4 is 17.3 Å². The van der Waals surface area contributed by atoms with E-state index in [1.54, 1.807) is 11.3 Å². The molecule has 1 aromatic heterocycles. The molecule has 1 N–H and O–H groups in total. The number of nitrogens with zero attached hydrogens (tertiary/aromatic N) is 2. The second-order valence-electron chi connectivity index (χ2n) is 4.97. The van der Waals surface area contributed by atoms with E-state index >= 15 is 0 Å². The van der Waals surface area contributed by atoms with Crippen molar-refractivity contribution in [3.05, 3.63) is 22.4 Å². The van der Waals surface area contributed by atoms with Crippen LogP contribution < -0.4 is 5.32 Å². The topological polar surface area (TPSA) is 27.6 Å². The minimum absolute atomic E-state index is 0.790. The third-order valence-corrected chi connectivity index (χ3v) is 4.14. The number of guanidine groups is 1. The zero-order chi connectivity index (χ0) is 12.8. The molecule has 3 nitrogen and oxygen atoms in total. The van der Waals surface area contributed by atoms with Gasteiger partial charge in [0.25, 0.3) is 0 Å². The summed E-state index contributed by atoms with van der Waals surface area (Å²) in [4.78, 5) is 7.14. The van der Waals surface area contributed by atoms with Crippen LogP contribution in [0.4, 0.5) is 0 Å². The Hall–Kier alpha value is -1.03. The van der Waals surface area contributed by atoms with Gasteiger partial charge in [-0.1, -0.05) is 6.92 Å². The average Bonchev–Trinajstić information content (AvgIpc) is 2.89. The molecule has 0 saturated carbocycles. The number of nitrogens with one attached hydrogen (secondary N) is 1. The summed E-state index contributed by atoms with van der Waals surface area (Å²) >= 11 is 1.74. The lowest BCUT2D eigenvalue weighted by Crippen LogP contribution is -2.45. The first-order valence-corrected chi connectivity index (χ1v) is 7.78. The number of piperidine rings is 1. The van der Waals surface area contributed by atoms with Crippen molar-refractivity contribution in [1.29, 1.82) is 0 Å². The highest BCUT2D eigenvalue weighted by Gasteiger charge is 2.18. The van der Waals surface area contributed by atoms with Gasteiger partial charge in [-0.15, -0.1) is 0 Å². The van der Waals surface area contributed by atoms with Gasteiger partial charge in [0.15, 0.2) is 5.96 Å². The second kappa shape index (κ2) is 6.78. The van der Waals surface area contributed by atoms with Gasteiger partial charge in [-0.25, -0.2) is 4.99 Å². The Morgan fingerprint density at radius 2 is 2.28 bits per heavy atom. The quantitative estimate of drug-likeness (QED) is 0.672. The van der Waals surface area contributed by atoms with Crippen LogP contribution in [-0.4, -0.2) is 30.5 Å². The predicted molar refractivity (Wildman–Crippen MR) is 79.1 cm³/mol. The third kappa shape index (κ3) is 3.73. The molecule has 0 atom stereocenters. The van der Waals surface area contributed by atoms with Crippen LogP contribution in [0, 0.1) is 5.92 Å². The molecule has 2 heterocycles. The molecule has 0 aliphatic carbocycles. The van der Waals surface area contributed by atoms with Crippen molar-refractivity contribution < 1.29 is 0 Å². The lowest BCUT2D eigenvalue weighted by Gasteiger charge is -2.32. The number of aliphatic imine (C=N–C) groups is 1. The summed E-state index contributed by atoms with van der Waals surface area (Å²) in [5, 5.41) is 7.69. The summed E-state index contributed by atoms with van der Waals surface area (Å²) in [6.45, 7) is 8.47. The van der Waals surface area contributed by atoms with E-state index in [1.807, 2.05) is 0 Å². The average molecular weight is 265 g/mol. The Morgan fingerprint density at radius 3 is 2.89 bits per heavy atom. The lowest BCUT2D eigenvalue weighted by molar-refractivity contribution is 0.273. The zero-order valence-corrected chi connectivity index (χ0v) is 12.2. The summed E-state index contributed by atoms with van der Waals surface area (Å²) in [6.07, 6.45) is 2.56. The Balaban J connectivity index is 1.96. The Kier molecular flexibility index (Phi) is 5.05. The smallest absolute Gasteiger partial charge is 0.194 e. The maximum Gasteiger partial charge on any atom is 0.194 e. The van der Waals surface area contributed by atoms with Gasteiger partial charge in [-0.3, -0.25) is 0 Å². The third-order valence-electron chi connectivity index (χ3n) is 3.41. The first-order chi connectivity index (χ1) is 8.79. The molecule has 4 heteroatoms. The van der Waals surface area contributed by atoms with Crippen LogP contribution >= 0.6 is 11.3 Å². The molecular weight excluding hydrogens is 242 g/mol. The van der Waals surface area contributed by atoms with Gasteiger partial charge in [-0.2, -0.15) is 11.3 Å². The Labute approximate surface area is 114 Å². The van der Waals surface area contributed by atoms with Gasteiger partial charge in [0.05, 0.1) is 6.54 Å². The van der Waals surface area contributed by atoms with Crippen LogP contribution in [0.1, 0.15) is 32.3 Å². The summed E-state index contributed by atoms with van der Waals surface area (Å²) in [7, 11) is 0. The molecule has 100 valence electrons. The van der Waals surface area contributed by atoms with Crippen LogP contribution in [0.15, 0.2) is 21.8 Å². The summed E-state index contributed by atoms with van der Waals surface area (Å²) < 4.78 is 0. The lowest BCUT2D eigenvalue weighted by atomic mass is 10.00. The number of likely N-dealkylation sites (tertiary alicyclic amines) is 1. The summed E-state index contributed by atoms with van der Waals surface area (Å²) in [6, 6.07) is 2.15. The SMILES string of the molecule is CCNC(=NCc1ccsc1)N1CCC(C)CC1. The molecular formula is C14H23N3S. The van der Waals surface area contributed by atoms with E-state index in [1.165, 1.54) is 18.4 Å². The van der Waals surface area contributed by atoms with E-state index < -0.39 is 0 Å². The minimum atomic E-state index is 0.790. The normalized spacial score (nSPS) is 18.1. The second-order valence-corrected chi connectivity index (χ2v) is 5.75. The largest absolute Gasteiger partial charge is 0.357 e. The molecule has 18 heavy (non-hydrogen) atoms. The van der Waals surface area contributed by atoms with E-state index in [4.69, 9.17) is 4.99 Å². The van der Waals surface area contributed by atoms with Crippen LogP contribution in [-0.2, 0) is 6.54 Å². The fourth-order valence-corrected chi connectivity index (χ4v) is 2.85. The monoisotopic (exact) mass is 265 g/mol. The maximum atomic E-state index is 4.74. The van der Waals surface area contributed by atoms with Gasteiger partial charge in [0, 0.05) is 19.6 Å². The van der Waals surface area contributed by atoms with E-state index in [0.717, 1.165) is 38.1 Å². The van der Waals surface area contributed by atoms with Crippen molar-refractivity contribution in [2.75, 3.05) is 19.6 Å². The van der Waals surface area contributed by atoms with E-state index in [2.05, 4.69) is 40.9 Å². The maximum absolute atomic E-state index is 4.74. The van der Waals surface area contributed by atoms with Gasteiger partial charge >= 0.3 is 0 Å². The molecule has 1 saturated heterocycles. The first kappa shape index (κ1) is 13.4. The highest BCUT2D eigenvalue weighted by atomic mass is 32.1. The van der Waals surface area contributed by atoms with Gasteiger partial charge in [-0.05, 0) is 48.1 Å². The van der Waals surface area contributed by atoms with E-state index in [9.17, 15) is 0 Å². The van der Waals surface area contributed by atoms with Gasteiger partial charge in [0.1, 0.15) is 0 Å². The molecule has 0 bridgehead atoms. The molecule has 2 rings (SSSR count). The zero-order valence-electron chi connectivity index (χ0n) is 11.4. The van der Waals surface area contributed by atoms with Gasteiger partial charge < -0.3 is 10.2 Å². The molecule has 1 fully saturated rings. The predicted octanol–water partition coefficient (Wildman–Crippen LogP) is 2.95. The molecule has 1 aliphatic rings. The fourth-order valence-electron chi connectivity index (χ4n) is 2.19. The molecule has 1 aliphatic heterocycles. The highest BCUT2D eigenvalue weighted by molar-refractivity contribution is 7.07. The van der Waals surface area contributed by atoms with Gasteiger partial charge in [0.2, 0.25) is 0 Å². The first-order valence-electron chi connectivity index (χ1n) is 6.84.